The molecule has 3 heteroatoms. The Balaban J connectivity index is 1.95. The van der Waals surface area contributed by atoms with E-state index >= 15 is 0 Å². The van der Waals surface area contributed by atoms with Gasteiger partial charge >= 0.3 is 0 Å². The predicted molar refractivity (Wildman–Crippen MR) is 60.2 cm³/mol. The fraction of sp³-hybridized carbons (Fsp3) is 0.333. The van der Waals surface area contributed by atoms with Gasteiger partial charge in [-0.15, -0.1) is 0 Å². The summed E-state index contributed by atoms with van der Waals surface area (Å²) >= 11 is 0. The number of morpholine rings is 1. The van der Waals surface area contributed by atoms with Gasteiger partial charge in [0.2, 0.25) is 0 Å². The molecule has 1 saturated heterocycles. The Kier molecular flexibility index (Phi) is 2.10. The molecule has 0 spiro atoms. The lowest BCUT2D eigenvalue weighted by Gasteiger charge is -2.28. The van der Waals surface area contributed by atoms with E-state index in [1.807, 2.05) is 6.20 Å². The third-order valence-electron chi connectivity index (χ3n) is 2.83. The maximum absolute atomic E-state index is 5.34. The van der Waals surface area contributed by atoms with E-state index in [4.69, 9.17) is 4.74 Å². The average Bonchev–Trinajstić information content (AvgIpc) is 2.77. The number of aromatic amines is 1. The number of nitrogens with zero attached hydrogens (tertiary/aromatic N) is 1. The highest BCUT2D eigenvalue weighted by Gasteiger charge is 2.11. The Labute approximate surface area is 88.6 Å². The molecule has 1 aromatic heterocycles. The summed E-state index contributed by atoms with van der Waals surface area (Å²) in [7, 11) is 0. The summed E-state index contributed by atoms with van der Waals surface area (Å²) in [5.41, 5.74) is 2.41. The number of hydrogen-bond acceptors (Lipinski definition) is 2. The monoisotopic (exact) mass is 201 g/mol. The van der Waals surface area contributed by atoms with Crippen molar-refractivity contribution in [2.45, 2.75) is 0 Å². The summed E-state index contributed by atoms with van der Waals surface area (Å²) in [5.74, 6) is 0. The Morgan fingerprint density at radius 3 is 3.00 bits per heavy atom. The molecule has 1 aromatic carbocycles. The first-order valence-electron chi connectivity index (χ1n) is 5.25. The second-order valence-corrected chi connectivity index (χ2v) is 3.76. The Bertz CT molecular complexity index is 457. The van der Waals surface area contributed by atoms with Crippen LogP contribution in [0.5, 0.6) is 0 Å². The lowest BCUT2D eigenvalue weighted by molar-refractivity contribution is 0.122. The smallest absolute Gasteiger partial charge is 0.0642 e. The molecule has 77 valence electrons. The van der Waals surface area contributed by atoms with Crippen LogP contribution in [0.4, 0.5) is 5.69 Å². The molecule has 0 atom stereocenters. The van der Waals surface area contributed by atoms with Crippen molar-refractivity contribution in [2.75, 3.05) is 31.2 Å². The molecular formula is C12H13N2O. The number of anilines is 1. The molecule has 0 saturated carbocycles. The van der Waals surface area contributed by atoms with Crippen molar-refractivity contribution >= 4 is 16.6 Å². The second-order valence-electron chi connectivity index (χ2n) is 3.76. The SMILES string of the molecule is [c]1c[nH]c2ccc(N3CCOCC3)cc12. The van der Waals surface area contributed by atoms with Crippen LogP contribution in [0.1, 0.15) is 0 Å². The van der Waals surface area contributed by atoms with Gasteiger partial charge in [0.15, 0.2) is 0 Å². The summed E-state index contributed by atoms with van der Waals surface area (Å²) in [4.78, 5) is 5.50. The molecule has 1 N–H and O–H groups in total. The topological polar surface area (TPSA) is 28.3 Å². The van der Waals surface area contributed by atoms with Crippen molar-refractivity contribution in [3.8, 4) is 0 Å². The number of rotatable bonds is 1. The van der Waals surface area contributed by atoms with E-state index in [-0.39, 0.29) is 0 Å². The molecule has 15 heavy (non-hydrogen) atoms. The number of aromatic nitrogens is 1. The van der Waals surface area contributed by atoms with E-state index in [1.54, 1.807) is 0 Å². The molecule has 2 aromatic rings. The van der Waals surface area contributed by atoms with Crippen molar-refractivity contribution < 1.29 is 4.74 Å². The fourth-order valence-electron chi connectivity index (χ4n) is 1.99. The van der Waals surface area contributed by atoms with Gasteiger partial charge in [0.1, 0.15) is 0 Å². The summed E-state index contributed by atoms with van der Waals surface area (Å²) in [6.07, 6.45) is 1.85. The lowest BCUT2D eigenvalue weighted by Crippen LogP contribution is -2.36. The van der Waals surface area contributed by atoms with Gasteiger partial charge < -0.3 is 14.6 Å². The molecule has 0 aliphatic carbocycles. The average molecular weight is 201 g/mol. The van der Waals surface area contributed by atoms with Gasteiger partial charge in [-0.2, -0.15) is 0 Å². The number of H-pyrrole nitrogens is 1. The van der Waals surface area contributed by atoms with Crippen molar-refractivity contribution in [1.82, 2.24) is 4.98 Å². The van der Waals surface area contributed by atoms with Gasteiger partial charge in [-0.1, -0.05) is 0 Å². The molecule has 2 heterocycles. The number of nitrogens with one attached hydrogen (secondary N) is 1. The molecule has 3 nitrogen and oxygen atoms in total. The van der Waals surface area contributed by atoms with E-state index in [0.717, 1.165) is 37.2 Å². The zero-order chi connectivity index (χ0) is 10.1. The number of fused-ring (bicyclic) bond motifs is 1. The molecule has 0 bridgehead atoms. The fourth-order valence-corrected chi connectivity index (χ4v) is 1.99. The molecule has 1 aliphatic rings. The first kappa shape index (κ1) is 8.80. The Morgan fingerprint density at radius 2 is 2.13 bits per heavy atom. The van der Waals surface area contributed by atoms with Crippen LogP contribution in [0.2, 0.25) is 0 Å². The van der Waals surface area contributed by atoms with Gasteiger partial charge in [0, 0.05) is 41.9 Å². The van der Waals surface area contributed by atoms with Gasteiger partial charge in [0.25, 0.3) is 0 Å². The van der Waals surface area contributed by atoms with E-state index < -0.39 is 0 Å². The summed E-state index contributed by atoms with van der Waals surface area (Å²) < 4.78 is 5.34. The van der Waals surface area contributed by atoms with Crippen LogP contribution in [0, 0.1) is 6.07 Å². The van der Waals surface area contributed by atoms with E-state index in [0.29, 0.717) is 0 Å². The first-order chi connectivity index (χ1) is 7.43. The van der Waals surface area contributed by atoms with E-state index in [1.165, 1.54) is 5.69 Å². The van der Waals surface area contributed by atoms with Crippen LogP contribution in [0.15, 0.2) is 24.4 Å². The molecule has 0 unspecified atom stereocenters. The normalized spacial score (nSPS) is 17.2. The molecular weight excluding hydrogens is 188 g/mol. The third kappa shape index (κ3) is 1.59. The zero-order valence-corrected chi connectivity index (χ0v) is 8.49. The molecule has 0 amide bonds. The summed E-state index contributed by atoms with van der Waals surface area (Å²) in [6.45, 7) is 3.62. The van der Waals surface area contributed by atoms with Crippen molar-refractivity contribution in [3.05, 3.63) is 30.5 Å². The second kappa shape index (κ2) is 3.59. The van der Waals surface area contributed by atoms with Crippen molar-refractivity contribution in [1.29, 1.82) is 0 Å². The van der Waals surface area contributed by atoms with Crippen molar-refractivity contribution in [3.63, 3.8) is 0 Å². The van der Waals surface area contributed by atoms with Crippen LogP contribution in [0.3, 0.4) is 0 Å². The van der Waals surface area contributed by atoms with Crippen molar-refractivity contribution in [2.24, 2.45) is 0 Å². The minimum Gasteiger partial charge on any atom is -0.378 e. The van der Waals surface area contributed by atoms with Gasteiger partial charge in [-0.25, -0.2) is 0 Å². The zero-order valence-electron chi connectivity index (χ0n) is 8.49. The summed E-state index contributed by atoms with van der Waals surface area (Å²) in [5, 5.41) is 1.15. The highest BCUT2D eigenvalue weighted by Crippen LogP contribution is 2.21. The quantitative estimate of drug-likeness (QED) is 0.762. The van der Waals surface area contributed by atoms with E-state index in [9.17, 15) is 0 Å². The highest BCUT2D eigenvalue weighted by atomic mass is 16.5. The number of hydrogen-bond donors (Lipinski definition) is 1. The van der Waals surface area contributed by atoms with Crippen LogP contribution < -0.4 is 4.90 Å². The van der Waals surface area contributed by atoms with Crippen LogP contribution in [-0.4, -0.2) is 31.3 Å². The van der Waals surface area contributed by atoms with Crippen LogP contribution >= 0.6 is 0 Å². The molecule has 3 rings (SSSR count). The standard InChI is InChI=1S/C12H13N2O/c1-2-12-10(3-4-13-12)9-11(1)14-5-7-15-8-6-14/h1-2,4,9,13H,5-8H2. The maximum atomic E-state index is 5.34. The van der Waals surface area contributed by atoms with Gasteiger partial charge in [-0.05, 0) is 18.2 Å². The molecule has 1 fully saturated rings. The largest absolute Gasteiger partial charge is 0.378 e. The lowest BCUT2D eigenvalue weighted by atomic mass is 10.2. The Morgan fingerprint density at radius 1 is 1.27 bits per heavy atom. The highest BCUT2D eigenvalue weighted by molar-refractivity contribution is 5.82. The maximum Gasteiger partial charge on any atom is 0.0642 e. The minimum absolute atomic E-state index is 0.828. The number of ether oxygens (including phenoxy) is 1. The van der Waals surface area contributed by atoms with Gasteiger partial charge in [0.05, 0.1) is 13.2 Å². The summed E-state index contributed by atoms with van der Waals surface area (Å²) in [6, 6.07) is 9.62. The van der Waals surface area contributed by atoms with Gasteiger partial charge in [-0.3, -0.25) is 0 Å². The third-order valence-corrected chi connectivity index (χ3v) is 2.83. The Hall–Kier alpha value is -1.48. The predicted octanol–water partition coefficient (Wildman–Crippen LogP) is 1.80. The van der Waals surface area contributed by atoms with Crippen LogP contribution in [0.25, 0.3) is 10.9 Å². The minimum atomic E-state index is 0.828. The van der Waals surface area contributed by atoms with Crippen LogP contribution in [-0.2, 0) is 4.74 Å². The first-order valence-corrected chi connectivity index (χ1v) is 5.25. The van der Waals surface area contributed by atoms with E-state index in [2.05, 4.69) is 34.1 Å². The number of benzene rings is 1. The molecule has 1 aliphatic heterocycles. The molecule has 1 radical (unpaired) electrons.